The van der Waals surface area contributed by atoms with E-state index in [-0.39, 0.29) is 11.6 Å². The molecule has 0 aliphatic carbocycles. The highest BCUT2D eigenvalue weighted by molar-refractivity contribution is 9.10. The van der Waals surface area contributed by atoms with Crippen molar-refractivity contribution in [3.8, 4) is 6.07 Å². The van der Waals surface area contributed by atoms with E-state index in [1.54, 1.807) is 6.07 Å². The molecule has 5 heteroatoms. The SMILES string of the molecule is Cc1ccc(Br)c(NC(=O)c2ccc(C#N)cn2)c1. The second kappa shape index (κ2) is 5.63. The van der Waals surface area contributed by atoms with Crippen molar-refractivity contribution < 1.29 is 4.79 Å². The van der Waals surface area contributed by atoms with Gasteiger partial charge in [-0.15, -0.1) is 0 Å². The monoisotopic (exact) mass is 315 g/mol. The molecule has 1 heterocycles. The fourth-order valence-electron chi connectivity index (χ4n) is 1.52. The number of benzene rings is 1. The van der Waals surface area contributed by atoms with Gasteiger partial charge in [-0.3, -0.25) is 4.79 Å². The standard InChI is InChI=1S/C14H10BrN3O/c1-9-2-4-11(15)13(6-9)18-14(19)12-5-3-10(7-16)8-17-12/h2-6,8H,1H3,(H,18,19). The van der Waals surface area contributed by atoms with Crippen LogP contribution in [0, 0.1) is 18.3 Å². The van der Waals surface area contributed by atoms with Gasteiger partial charge in [-0.1, -0.05) is 6.07 Å². The van der Waals surface area contributed by atoms with Crippen LogP contribution in [0.2, 0.25) is 0 Å². The summed E-state index contributed by atoms with van der Waals surface area (Å²) in [4.78, 5) is 15.9. The first-order valence-corrected chi connectivity index (χ1v) is 6.33. The Morgan fingerprint density at radius 3 is 2.79 bits per heavy atom. The number of aryl methyl sites for hydroxylation is 1. The van der Waals surface area contributed by atoms with E-state index in [4.69, 9.17) is 5.26 Å². The lowest BCUT2D eigenvalue weighted by molar-refractivity contribution is 0.102. The van der Waals surface area contributed by atoms with Crippen LogP contribution in [0.1, 0.15) is 21.6 Å². The molecule has 0 atom stereocenters. The zero-order valence-electron chi connectivity index (χ0n) is 10.1. The summed E-state index contributed by atoms with van der Waals surface area (Å²) in [6, 6.07) is 10.7. The van der Waals surface area contributed by atoms with Crippen LogP contribution in [0.15, 0.2) is 41.0 Å². The van der Waals surface area contributed by atoms with Crippen LogP contribution >= 0.6 is 15.9 Å². The molecule has 0 fully saturated rings. The molecule has 0 bridgehead atoms. The van der Waals surface area contributed by atoms with Crippen molar-refractivity contribution in [3.63, 3.8) is 0 Å². The van der Waals surface area contributed by atoms with Crippen LogP contribution in [0.25, 0.3) is 0 Å². The first kappa shape index (κ1) is 13.2. The topological polar surface area (TPSA) is 65.8 Å². The number of carbonyl (C=O) groups is 1. The number of nitrogens with zero attached hydrogens (tertiary/aromatic N) is 2. The maximum absolute atomic E-state index is 12.0. The summed E-state index contributed by atoms with van der Waals surface area (Å²) in [5, 5.41) is 11.4. The van der Waals surface area contributed by atoms with Gasteiger partial charge in [0.1, 0.15) is 11.8 Å². The Balaban J connectivity index is 2.21. The van der Waals surface area contributed by atoms with Crippen LogP contribution < -0.4 is 5.32 Å². The maximum Gasteiger partial charge on any atom is 0.274 e. The molecule has 1 amide bonds. The second-order valence-electron chi connectivity index (χ2n) is 3.98. The van der Waals surface area contributed by atoms with E-state index in [1.807, 2.05) is 31.2 Å². The van der Waals surface area contributed by atoms with Gasteiger partial charge in [0.25, 0.3) is 5.91 Å². The number of hydrogen-bond donors (Lipinski definition) is 1. The summed E-state index contributed by atoms with van der Waals surface area (Å²) in [6.07, 6.45) is 1.38. The number of pyridine rings is 1. The van der Waals surface area contributed by atoms with Crippen molar-refractivity contribution >= 4 is 27.5 Å². The highest BCUT2D eigenvalue weighted by Crippen LogP contribution is 2.23. The Morgan fingerprint density at radius 1 is 1.37 bits per heavy atom. The third kappa shape index (κ3) is 3.18. The lowest BCUT2D eigenvalue weighted by Crippen LogP contribution is -2.14. The first-order chi connectivity index (χ1) is 9.10. The normalized spacial score (nSPS) is 9.74. The molecular formula is C14H10BrN3O. The summed E-state index contributed by atoms with van der Waals surface area (Å²) in [5.41, 5.74) is 2.43. The molecule has 94 valence electrons. The van der Waals surface area contributed by atoms with Gasteiger partial charge < -0.3 is 5.32 Å². The average molecular weight is 316 g/mol. The van der Waals surface area contributed by atoms with Gasteiger partial charge in [-0.2, -0.15) is 5.26 Å². The first-order valence-electron chi connectivity index (χ1n) is 5.54. The van der Waals surface area contributed by atoms with Crippen LogP contribution in [-0.2, 0) is 0 Å². The van der Waals surface area contributed by atoms with Gasteiger partial charge in [0.15, 0.2) is 0 Å². The summed E-state index contributed by atoms with van der Waals surface area (Å²) in [6.45, 7) is 1.95. The van der Waals surface area contributed by atoms with E-state index in [0.29, 0.717) is 11.3 Å². The molecule has 0 unspecified atom stereocenters. The molecule has 4 nitrogen and oxygen atoms in total. The molecular weight excluding hydrogens is 306 g/mol. The summed E-state index contributed by atoms with van der Waals surface area (Å²) in [7, 11) is 0. The van der Waals surface area contributed by atoms with Crippen molar-refractivity contribution in [2.75, 3.05) is 5.32 Å². The Labute approximate surface area is 119 Å². The smallest absolute Gasteiger partial charge is 0.274 e. The van der Waals surface area contributed by atoms with Gasteiger partial charge in [0, 0.05) is 10.7 Å². The van der Waals surface area contributed by atoms with Crippen molar-refractivity contribution in [1.29, 1.82) is 5.26 Å². The number of nitrogens with one attached hydrogen (secondary N) is 1. The molecule has 0 aliphatic heterocycles. The number of anilines is 1. The van der Waals surface area contributed by atoms with E-state index < -0.39 is 0 Å². The highest BCUT2D eigenvalue weighted by Gasteiger charge is 2.09. The van der Waals surface area contributed by atoms with E-state index in [0.717, 1.165) is 10.0 Å². The summed E-state index contributed by atoms with van der Waals surface area (Å²) < 4.78 is 0.806. The molecule has 0 spiro atoms. The predicted molar refractivity (Wildman–Crippen MR) is 75.8 cm³/mol. The number of rotatable bonds is 2. The molecule has 0 aliphatic rings. The fourth-order valence-corrected chi connectivity index (χ4v) is 1.86. The quantitative estimate of drug-likeness (QED) is 0.924. The lowest BCUT2D eigenvalue weighted by atomic mass is 10.2. The maximum atomic E-state index is 12.0. The third-order valence-electron chi connectivity index (χ3n) is 2.50. The number of halogens is 1. The Kier molecular flexibility index (Phi) is 3.93. The summed E-state index contributed by atoms with van der Waals surface area (Å²) in [5.74, 6) is -0.309. The summed E-state index contributed by atoms with van der Waals surface area (Å²) >= 11 is 3.38. The van der Waals surface area contributed by atoms with Crippen molar-refractivity contribution in [1.82, 2.24) is 4.98 Å². The van der Waals surface area contributed by atoms with Crippen LogP contribution in [0.5, 0.6) is 0 Å². The van der Waals surface area contributed by atoms with E-state index in [9.17, 15) is 4.79 Å². The van der Waals surface area contributed by atoms with E-state index >= 15 is 0 Å². The van der Waals surface area contributed by atoms with Crippen LogP contribution in [-0.4, -0.2) is 10.9 Å². The van der Waals surface area contributed by atoms with Crippen LogP contribution in [0.4, 0.5) is 5.69 Å². The Morgan fingerprint density at radius 2 is 2.16 bits per heavy atom. The van der Waals surface area contributed by atoms with Gasteiger partial charge in [0.05, 0.1) is 11.3 Å². The van der Waals surface area contributed by atoms with Gasteiger partial charge >= 0.3 is 0 Å². The number of carbonyl (C=O) groups excluding carboxylic acids is 1. The largest absolute Gasteiger partial charge is 0.320 e. The minimum Gasteiger partial charge on any atom is -0.320 e. The Hall–Kier alpha value is -2.19. The highest BCUT2D eigenvalue weighted by atomic mass is 79.9. The zero-order valence-corrected chi connectivity index (χ0v) is 11.7. The number of hydrogen-bond acceptors (Lipinski definition) is 3. The second-order valence-corrected chi connectivity index (χ2v) is 4.84. The zero-order chi connectivity index (χ0) is 13.8. The minimum atomic E-state index is -0.309. The third-order valence-corrected chi connectivity index (χ3v) is 3.19. The van der Waals surface area contributed by atoms with Gasteiger partial charge in [-0.25, -0.2) is 4.98 Å². The number of aromatic nitrogens is 1. The van der Waals surface area contributed by atoms with Gasteiger partial charge in [0.2, 0.25) is 0 Å². The molecule has 1 aromatic heterocycles. The number of amides is 1. The van der Waals surface area contributed by atoms with Crippen molar-refractivity contribution in [2.24, 2.45) is 0 Å². The predicted octanol–water partition coefficient (Wildman–Crippen LogP) is 3.28. The number of nitriles is 1. The van der Waals surface area contributed by atoms with Crippen molar-refractivity contribution in [3.05, 3.63) is 57.8 Å². The molecule has 2 aromatic rings. The molecule has 19 heavy (non-hydrogen) atoms. The molecule has 0 saturated carbocycles. The van der Waals surface area contributed by atoms with E-state index in [1.165, 1.54) is 12.3 Å². The molecule has 0 radical (unpaired) electrons. The lowest BCUT2D eigenvalue weighted by Gasteiger charge is -2.07. The fraction of sp³-hybridized carbons (Fsp3) is 0.0714. The van der Waals surface area contributed by atoms with Gasteiger partial charge in [-0.05, 0) is 52.7 Å². The van der Waals surface area contributed by atoms with Crippen molar-refractivity contribution in [2.45, 2.75) is 6.92 Å². The molecule has 2 rings (SSSR count). The molecule has 0 saturated heterocycles. The molecule has 1 aromatic carbocycles. The molecule has 1 N–H and O–H groups in total. The van der Waals surface area contributed by atoms with E-state index in [2.05, 4.69) is 26.2 Å². The Bertz CT molecular complexity index is 659. The minimum absolute atomic E-state index is 0.271. The average Bonchev–Trinajstić information content (AvgIpc) is 2.43. The van der Waals surface area contributed by atoms with Crippen LogP contribution in [0.3, 0.4) is 0 Å².